The highest BCUT2D eigenvalue weighted by Crippen LogP contribution is 2.37. The smallest absolute Gasteiger partial charge is 0.217 e. The van der Waals surface area contributed by atoms with Gasteiger partial charge in [0.15, 0.2) is 0 Å². The molecule has 118 valence electrons. The number of hydrogen-bond donors (Lipinski definition) is 2. The van der Waals surface area contributed by atoms with Crippen molar-refractivity contribution in [3.63, 3.8) is 0 Å². The van der Waals surface area contributed by atoms with Crippen LogP contribution in [0.5, 0.6) is 0 Å². The Labute approximate surface area is 144 Å². The fourth-order valence-electron chi connectivity index (χ4n) is 2.50. The van der Waals surface area contributed by atoms with Gasteiger partial charge in [0.2, 0.25) is 5.91 Å². The minimum Gasteiger partial charge on any atom is -0.370 e. The maximum atomic E-state index is 11.1. The number of rotatable bonds is 5. The van der Waals surface area contributed by atoms with Crippen molar-refractivity contribution in [1.82, 2.24) is 4.98 Å². The summed E-state index contributed by atoms with van der Waals surface area (Å²) in [4.78, 5) is 16.8. The number of nitrogens with two attached hydrogens (primary N) is 1. The zero-order chi connectivity index (χ0) is 16.4. The van der Waals surface area contributed by atoms with Crippen molar-refractivity contribution >= 4 is 40.2 Å². The topological polar surface area (TPSA) is 58.9 Å². The molecule has 0 unspecified atom stereocenters. The standard InChI is InChI=1S/C18H17ClN2OS/c1-11-2-7-14-16(10-11)21-15(8-9-17(20)22)18(14)23-13-5-3-12(19)4-6-13/h2-7,10,21H,8-9H2,1H3,(H2,20,22). The predicted octanol–water partition coefficient (Wildman–Crippen LogP) is 4.70. The van der Waals surface area contributed by atoms with E-state index >= 15 is 0 Å². The van der Waals surface area contributed by atoms with Gasteiger partial charge in [-0.1, -0.05) is 35.5 Å². The number of H-pyrrole nitrogens is 1. The van der Waals surface area contributed by atoms with Gasteiger partial charge < -0.3 is 10.7 Å². The van der Waals surface area contributed by atoms with E-state index in [1.165, 1.54) is 5.56 Å². The lowest BCUT2D eigenvalue weighted by Gasteiger charge is -2.05. The van der Waals surface area contributed by atoms with Crippen LogP contribution in [0.3, 0.4) is 0 Å². The molecule has 1 aromatic heterocycles. The van der Waals surface area contributed by atoms with Crippen molar-refractivity contribution in [3.05, 3.63) is 58.7 Å². The van der Waals surface area contributed by atoms with Crippen molar-refractivity contribution in [1.29, 1.82) is 0 Å². The van der Waals surface area contributed by atoms with Gasteiger partial charge >= 0.3 is 0 Å². The Hall–Kier alpha value is -1.91. The number of primary amides is 1. The Balaban J connectivity index is 2.02. The molecule has 1 amide bonds. The van der Waals surface area contributed by atoms with E-state index in [-0.39, 0.29) is 5.91 Å². The molecule has 23 heavy (non-hydrogen) atoms. The Morgan fingerprint density at radius 3 is 2.65 bits per heavy atom. The van der Waals surface area contributed by atoms with Crippen LogP contribution < -0.4 is 5.73 Å². The summed E-state index contributed by atoms with van der Waals surface area (Å²) in [7, 11) is 0. The van der Waals surface area contributed by atoms with Crippen molar-refractivity contribution in [2.45, 2.75) is 29.6 Å². The molecule has 3 aromatic rings. The molecule has 0 bridgehead atoms. The molecule has 0 aliphatic heterocycles. The number of carbonyl (C=O) groups is 1. The second kappa shape index (κ2) is 6.69. The monoisotopic (exact) mass is 344 g/mol. The van der Waals surface area contributed by atoms with Crippen molar-refractivity contribution in [3.8, 4) is 0 Å². The molecule has 0 radical (unpaired) electrons. The number of nitrogens with one attached hydrogen (secondary N) is 1. The first-order chi connectivity index (χ1) is 11.0. The van der Waals surface area contributed by atoms with Crippen molar-refractivity contribution in [2.24, 2.45) is 5.73 Å². The van der Waals surface area contributed by atoms with Gasteiger partial charge in [-0.25, -0.2) is 0 Å². The van der Waals surface area contributed by atoms with E-state index in [1.807, 2.05) is 24.3 Å². The van der Waals surface area contributed by atoms with Crippen LogP contribution >= 0.6 is 23.4 Å². The van der Waals surface area contributed by atoms with Gasteiger partial charge in [0.25, 0.3) is 0 Å². The molecular weight excluding hydrogens is 328 g/mol. The van der Waals surface area contributed by atoms with Crippen LogP contribution in [0.1, 0.15) is 17.7 Å². The third-order valence-electron chi connectivity index (χ3n) is 3.63. The van der Waals surface area contributed by atoms with Crippen LogP contribution in [-0.4, -0.2) is 10.9 Å². The number of amides is 1. The summed E-state index contributed by atoms with van der Waals surface area (Å²) in [6.07, 6.45) is 0.943. The van der Waals surface area contributed by atoms with Gasteiger partial charge in [0.1, 0.15) is 0 Å². The third kappa shape index (κ3) is 3.71. The molecule has 3 nitrogen and oxygen atoms in total. The maximum Gasteiger partial charge on any atom is 0.217 e. The highest BCUT2D eigenvalue weighted by molar-refractivity contribution is 7.99. The number of aryl methyl sites for hydroxylation is 2. The summed E-state index contributed by atoms with van der Waals surface area (Å²) >= 11 is 7.63. The number of halogens is 1. The first kappa shape index (κ1) is 16.0. The van der Waals surface area contributed by atoms with Crippen molar-refractivity contribution < 1.29 is 4.79 Å². The highest BCUT2D eigenvalue weighted by Gasteiger charge is 2.14. The van der Waals surface area contributed by atoms with Crippen LogP contribution in [0, 0.1) is 6.92 Å². The third-order valence-corrected chi connectivity index (χ3v) is 5.06. The quantitative estimate of drug-likeness (QED) is 0.704. The SMILES string of the molecule is Cc1ccc2c(Sc3ccc(Cl)cc3)c(CCC(N)=O)[nH]c2c1. The molecule has 1 heterocycles. The lowest BCUT2D eigenvalue weighted by molar-refractivity contribution is -0.118. The van der Waals surface area contributed by atoms with Crippen LogP contribution in [0.15, 0.2) is 52.3 Å². The summed E-state index contributed by atoms with van der Waals surface area (Å²) in [5, 5.41) is 1.88. The second-order valence-electron chi connectivity index (χ2n) is 5.50. The van der Waals surface area contributed by atoms with Gasteiger partial charge in [-0.05, 0) is 49.2 Å². The second-order valence-corrected chi connectivity index (χ2v) is 7.02. The normalized spacial score (nSPS) is 11.0. The summed E-state index contributed by atoms with van der Waals surface area (Å²) < 4.78 is 0. The van der Waals surface area contributed by atoms with Gasteiger partial charge in [-0.15, -0.1) is 0 Å². The molecule has 2 aromatic carbocycles. The summed E-state index contributed by atoms with van der Waals surface area (Å²) in [6, 6.07) is 14.1. The van der Waals surface area contributed by atoms with E-state index in [0.717, 1.165) is 31.4 Å². The van der Waals surface area contributed by atoms with Gasteiger partial charge in [0, 0.05) is 37.8 Å². The van der Waals surface area contributed by atoms with E-state index < -0.39 is 0 Å². The van der Waals surface area contributed by atoms with E-state index in [9.17, 15) is 4.79 Å². The highest BCUT2D eigenvalue weighted by atomic mass is 35.5. The Bertz CT molecular complexity index is 855. The van der Waals surface area contributed by atoms with E-state index in [4.69, 9.17) is 17.3 Å². The molecule has 0 atom stereocenters. The zero-order valence-electron chi connectivity index (χ0n) is 12.7. The lowest BCUT2D eigenvalue weighted by atomic mass is 10.2. The Kier molecular flexibility index (Phi) is 4.64. The maximum absolute atomic E-state index is 11.1. The minimum atomic E-state index is -0.290. The number of aromatic amines is 1. The zero-order valence-corrected chi connectivity index (χ0v) is 14.3. The van der Waals surface area contributed by atoms with Crippen LogP contribution in [0.25, 0.3) is 10.9 Å². The molecule has 5 heteroatoms. The summed E-state index contributed by atoms with van der Waals surface area (Å²) in [6.45, 7) is 2.06. The predicted molar refractivity (Wildman–Crippen MR) is 96.1 cm³/mol. The molecule has 3 N–H and O–H groups in total. The number of fused-ring (bicyclic) bond motifs is 1. The summed E-state index contributed by atoms with van der Waals surface area (Å²) in [5.41, 5.74) is 8.63. The first-order valence-corrected chi connectivity index (χ1v) is 8.55. The fourth-order valence-corrected chi connectivity index (χ4v) is 3.70. The molecule has 0 saturated heterocycles. The number of benzene rings is 2. The molecule has 0 spiro atoms. The van der Waals surface area contributed by atoms with E-state index in [2.05, 4.69) is 30.1 Å². The molecular formula is C18H17ClN2OS. The van der Waals surface area contributed by atoms with E-state index in [0.29, 0.717) is 12.8 Å². The average molecular weight is 345 g/mol. The van der Waals surface area contributed by atoms with Crippen LogP contribution in [-0.2, 0) is 11.2 Å². The average Bonchev–Trinajstić information content (AvgIpc) is 2.84. The largest absolute Gasteiger partial charge is 0.370 e. The van der Waals surface area contributed by atoms with Gasteiger partial charge in [-0.3, -0.25) is 4.79 Å². The first-order valence-electron chi connectivity index (χ1n) is 7.36. The summed E-state index contributed by atoms with van der Waals surface area (Å²) in [5.74, 6) is -0.290. The fraction of sp³-hybridized carbons (Fsp3) is 0.167. The van der Waals surface area contributed by atoms with Crippen LogP contribution in [0.4, 0.5) is 0 Å². The van der Waals surface area contributed by atoms with Gasteiger partial charge in [-0.2, -0.15) is 0 Å². The Morgan fingerprint density at radius 2 is 1.96 bits per heavy atom. The van der Waals surface area contributed by atoms with E-state index in [1.54, 1.807) is 11.8 Å². The lowest BCUT2D eigenvalue weighted by Crippen LogP contribution is -2.11. The van der Waals surface area contributed by atoms with Gasteiger partial charge in [0.05, 0.1) is 0 Å². The molecule has 3 rings (SSSR count). The molecule has 0 fully saturated rings. The van der Waals surface area contributed by atoms with Crippen molar-refractivity contribution in [2.75, 3.05) is 0 Å². The molecule has 0 aliphatic rings. The molecule has 0 saturated carbocycles. The number of carbonyl (C=O) groups excluding carboxylic acids is 1. The number of hydrogen-bond acceptors (Lipinski definition) is 2. The Morgan fingerprint density at radius 1 is 1.22 bits per heavy atom. The molecule has 0 aliphatic carbocycles. The van der Waals surface area contributed by atoms with Crippen LogP contribution in [0.2, 0.25) is 5.02 Å². The minimum absolute atomic E-state index is 0.290. The number of aromatic nitrogens is 1.